The number of rotatable bonds is 0. The number of hydrogen-bond donors (Lipinski definition) is 0. The normalized spacial score (nSPS) is 14.4. The van der Waals surface area contributed by atoms with Crippen molar-refractivity contribution in [1.82, 2.24) is 0 Å². The molecule has 0 aliphatic heterocycles. The zero-order valence-electron chi connectivity index (χ0n) is 15.6. The van der Waals surface area contributed by atoms with Crippen molar-refractivity contribution in [2.75, 3.05) is 0 Å². The highest BCUT2D eigenvalue weighted by Crippen LogP contribution is 2.27. The van der Waals surface area contributed by atoms with Crippen molar-refractivity contribution < 1.29 is 9.59 Å². The van der Waals surface area contributed by atoms with Crippen molar-refractivity contribution in [1.29, 1.82) is 0 Å². The van der Waals surface area contributed by atoms with Crippen LogP contribution in [0.25, 0.3) is 11.6 Å². The molecule has 0 amide bonds. The number of fused-ring (bicyclic) bond motifs is 2. The minimum Gasteiger partial charge on any atom is -0.289 e. The van der Waals surface area contributed by atoms with Crippen molar-refractivity contribution >= 4 is 31.6 Å². The fourth-order valence-corrected chi connectivity index (χ4v) is 3.14. The van der Waals surface area contributed by atoms with Gasteiger partial charge in [0, 0.05) is 30.7 Å². The highest BCUT2D eigenvalue weighted by molar-refractivity contribution is 6.16. The Kier molecular flexibility index (Phi) is 5.97. The molecule has 0 spiro atoms. The first-order valence-electron chi connectivity index (χ1n) is 8.42. The Morgan fingerprint density at radius 2 is 1.30 bits per heavy atom. The van der Waals surface area contributed by atoms with Crippen LogP contribution in [0.3, 0.4) is 0 Å². The maximum atomic E-state index is 11.6. The molecule has 0 bridgehead atoms. The summed E-state index contributed by atoms with van der Waals surface area (Å²) in [6.07, 6.45) is 5.57. The van der Waals surface area contributed by atoms with E-state index in [1.54, 1.807) is 6.08 Å². The Bertz CT molecular complexity index is 1020. The standard InChI is InChI=1S/2C12H10O.B/c1-8-4-3-5-11-10(8)7-6-9(2)12(11)13;1-8-7-9(2)12(13)11-6-4-3-5-10(8)11;/h2*3-7H,2H2,1H3;. The molecule has 0 atom stereocenters. The summed E-state index contributed by atoms with van der Waals surface area (Å²) in [6.45, 7) is 11.4. The Labute approximate surface area is 162 Å². The lowest BCUT2D eigenvalue weighted by Gasteiger charge is -2.14. The van der Waals surface area contributed by atoms with E-state index in [0.29, 0.717) is 11.1 Å². The fourth-order valence-electron chi connectivity index (χ4n) is 3.14. The topological polar surface area (TPSA) is 34.1 Å². The van der Waals surface area contributed by atoms with E-state index in [4.69, 9.17) is 0 Å². The molecule has 2 aromatic rings. The van der Waals surface area contributed by atoms with E-state index in [1.165, 1.54) is 0 Å². The molecule has 0 aromatic heterocycles. The Morgan fingerprint density at radius 1 is 0.704 bits per heavy atom. The molecule has 0 unspecified atom stereocenters. The summed E-state index contributed by atoms with van der Waals surface area (Å²) in [5.74, 6) is 0.0856. The maximum Gasteiger partial charge on any atom is 0.193 e. The number of allylic oxidation sites excluding steroid dienone is 5. The summed E-state index contributed by atoms with van der Waals surface area (Å²) in [5, 5.41) is 0. The third kappa shape index (κ3) is 3.82. The fraction of sp³-hybridized carbons (Fsp3) is 0.0833. The van der Waals surface area contributed by atoms with Gasteiger partial charge < -0.3 is 0 Å². The van der Waals surface area contributed by atoms with E-state index >= 15 is 0 Å². The number of Topliss-reactive ketones (excluding diaryl/α,β-unsaturated/α-hetero) is 2. The second-order valence-corrected chi connectivity index (χ2v) is 6.45. The maximum absolute atomic E-state index is 11.6. The van der Waals surface area contributed by atoms with Gasteiger partial charge in [-0.3, -0.25) is 9.59 Å². The van der Waals surface area contributed by atoms with Gasteiger partial charge in [0.05, 0.1) is 0 Å². The monoisotopic (exact) mass is 351 g/mol. The molecule has 0 saturated heterocycles. The van der Waals surface area contributed by atoms with Gasteiger partial charge in [0.1, 0.15) is 0 Å². The summed E-state index contributed by atoms with van der Waals surface area (Å²) in [5.41, 5.74) is 6.99. The quantitative estimate of drug-likeness (QED) is 0.482. The molecular weight excluding hydrogens is 331 g/mol. The molecule has 4 rings (SSSR count). The molecule has 3 radical (unpaired) electrons. The number of hydrogen-bond acceptors (Lipinski definition) is 2. The molecule has 0 N–H and O–H groups in total. The van der Waals surface area contributed by atoms with Gasteiger partial charge in [0.15, 0.2) is 11.6 Å². The van der Waals surface area contributed by atoms with Gasteiger partial charge in [-0.2, -0.15) is 0 Å². The van der Waals surface area contributed by atoms with Crippen LogP contribution in [0.2, 0.25) is 0 Å². The van der Waals surface area contributed by atoms with Crippen LogP contribution in [-0.4, -0.2) is 20.0 Å². The molecule has 2 aliphatic rings. The first-order valence-corrected chi connectivity index (χ1v) is 8.42. The SMILES string of the molecule is C=C1C=C(C)c2ccccc2C1=O.C=C1C=Cc2c(C)cccc2C1=O.[B]. The van der Waals surface area contributed by atoms with Crippen molar-refractivity contribution in [2.24, 2.45) is 0 Å². The summed E-state index contributed by atoms with van der Waals surface area (Å²) >= 11 is 0. The zero-order valence-corrected chi connectivity index (χ0v) is 15.6. The zero-order chi connectivity index (χ0) is 18.8. The van der Waals surface area contributed by atoms with Crippen LogP contribution in [-0.2, 0) is 0 Å². The van der Waals surface area contributed by atoms with Crippen molar-refractivity contribution in [2.45, 2.75) is 13.8 Å². The third-order valence-electron chi connectivity index (χ3n) is 4.59. The molecule has 0 heterocycles. The molecule has 0 saturated carbocycles. The molecule has 2 nitrogen and oxygen atoms in total. The second kappa shape index (κ2) is 8.00. The number of benzene rings is 2. The van der Waals surface area contributed by atoms with Crippen LogP contribution in [0.15, 0.2) is 78.9 Å². The van der Waals surface area contributed by atoms with Crippen LogP contribution >= 0.6 is 0 Å². The van der Waals surface area contributed by atoms with E-state index in [2.05, 4.69) is 13.2 Å². The van der Waals surface area contributed by atoms with Crippen LogP contribution < -0.4 is 0 Å². The molecule has 27 heavy (non-hydrogen) atoms. The highest BCUT2D eigenvalue weighted by Gasteiger charge is 2.18. The predicted molar refractivity (Wildman–Crippen MR) is 113 cm³/mol. The summed E-state index contributed by atoms with van der Waals surface area (Å²) < 4.78 is 0. The van der Waals surface area contributed by atoms with Gasteiger partial charge in [-0.15, -0.1) is 0 Å². The lowest BCUT2D eigenvalue weighted by atomic mass is 9.88. The van der Waals surface area contributed by atoms with Crippen molar-refractivity contribution in [3.8, 4) is 0 Å². The van der Waals surface area contributed by atoms with Gasteiger partial charge in [-0.1, -0.05) is 67.8 Å². The number of carbonyl (C=O) groups is 2. The van der Waals surface area contributed by atoms with Crippen LogP contribution in [0.4, 0.5) is 0 Å². The Hall–Kier alpha value is -3.20. The summed E-state index contributed by atoms with van der Waals surface area (Å²) in [6, 6.07) is 13.4. The molecule has 2 aromatic carbocycles. The van der Waals surface area contributed by atoms with E-state index in [0.717, 1.165) is 33.4 Å². The lowest BCUT2D eigenvalue weighted by molar-refractivity contribution is 0.102. The van der Waals surface area contributed by atoms with Gasteiger partial charge in [0.2, 0.25) is 0 Å². The highest BCUT2D eigenvalue weighted by atomic mass is 16.1. The smallest absolute Gasteiger partial charge is 0.193 e. The van der Waals surface area contributed by atoms with E-state index in [1.807, 2.05) is 68.5 Å². The van der Waals surface area contributed by atoms with Crippen LogP contribution in [0.1, 0.15) is 44.3 Å². The minimum atomic E-state index is 0. The number of ketones is 2. The van der Waals surface area contributed by atoms with Crippen molar-refractivity contribution in [3.63, 3.8) is 0 Å². The largest absolute Gasteiger partial charge is 0.289 e. The van der Waals surface area contributed by atoms with Crippen molar-refractivity contribution in [3.05, 3.63) is 107 Å². The van der Waals surface area contributed by atoms with Crippen LogP contribution in [0.5, 0.6) is 0 Å². The molecule has 3 heteroatoms. The second-order valence-electron chi connectivity index (χ2n) is 6.45. The summed E-state index contributed by atoms with van der Waals surface area (Å²) in [7, 11) is 0. The Morgan fingerprint density at radius 3 is 2.00 bits per heavy atom. The van der Waals surface area contributed by atoms with Crippen LogP contribution in [0, 0.1) is 6.92 Å². The Balaban J connectivity index is 0.000000187. The minimum absolute atomic E-state index is 0. The van der Waals surface area contributed by atoms with E-state index < -0.39 is 0 Å². The first-order chi connectivity index (χ1) is 12.4. The van der Waals surface area contributed by atoms with E-state index in [9.17, 15) is 9.59 Å². The average Bonchev–Trinajstić information content (AvgIpc) is 2.64. The third-order valence-corrected chi connectivity index (χ3v) is 4.59. The van der Waals surface area contributed by atoms with E-state index in [-0.39, 0.29) is 20.0 Å². The van der Waals surface area contributed by atoms with Gasteiger partial charge in [-0.25, -0.2) is 0 Å². The first kappa shape index (κ1) is 20.1. The summed E-state index contributed by atoms with van der Waals surface area (Å²) in [4.78, 5) is 23.2. The molecular formula is C24H20BO2. The molecule has 0 fully saturated rings. The molecule has 131 valence electrons. The predicted octanol–water partition coefficient (Wildman–Crippen LogP) is 5.22. The molecule has 2 aliphatic carbocycles. The van der Waals surface area contributed by atoms with Gasteiger partial charge in [-0.05, 0) is 42.2 Å². The average molecular weight is 351 g/mol. The number of carbonyl (C=O) groups excluding carboxylic acids is 2. The number of aryl methyl sites for hydroxylation is 1. The van der Waals surface area contributed by atoms with Gasteiger partial charge in [0.25, 0.3) is 0 Å². The van der Waals surface area contributed by atoms with Gasteiger partial charge >= 0.3 is 0 Å². The lowest BCUT2D eigenvalue weighted by Crippen LogP contribution is -2.08.